The summed E-state index contributed by atoms with van der Waals surface area (Å²) in [6.45, 7) is 4.22. The molecule has 0 aliphatic rings. The molecule has 1 aromatic carbocycles. The molecule has 1 unspecified atom stereocenters. The van der Waals surface area contributed by atoms with E-state index in [1.54, 1.807) is 18.2 Å². The summed E-state index contributed by atoms with van der Waals surface area (Å²) in [7, 11) is 0. The Morgan fingerprint density at radius 1 is 1.22 bits per heavy atom. The number of aromatic nitrogens is 1. The number of furan rings is 1. The highest BCUT2D eigenvalue weighted by molar-refractivity contribution is 6.31. The van der Waals surface area contributed by atoms with Gasteiger partial charge in [-0.3, -0.25) is 10.1 Å². The molecule has 8 heteroatoms. The number of hydrogen-bond donors (Lipinski definition) is 2. The zero-order valence-electron chi connectivity index (χ0n) is 18.4. The van der Waals surface area contributed by atoms with Crippen molar-refractivity contribution in [1.82, 2.24) is 4.98 Å². The average molecular weight is 457 g/mol. The molecule has 2 heterocycles. The van der Waals surface area contributed by atoms with Crippen molar-refractivity contribution in [2.24, 2.45) is 11.5 Å². The molecule has 0 amide bonds. The second-order valence-electron chi connectivity index (χ2n) is 8.21. The van der Waals surface area contributed by atoms with Crippen molar-refractivity contribution < 1.29 is 9.34 Å². The first-order chi connectivity index (χ1) is 15.2. The van der Waals surface area contributed by atoms with E-state index in [-0.39, 0.29) is 17.5 Å². The van der Waals surface area contributed by atoms with Crippen LogP contribution < -0.4 is 11.5 Å². The molecule has 0 aliphatic carbocycles. The maximum Gasteiger partial charge on any atom is 0.433 e. The van der Waals surface area contributed by atoms with Crippen molar-refractivity contribution in [3.8, 4) is 0 Å². The molecule has 4 N–H and O–H groups in total. The van der Waals surface area contributed by atoms with Gasteiger partial charge in [0.25, 0.3) is 0 Å². The first-order valence-electron chi connectivity index (χ1n) is 10.8. The number of nitro groups is 1. The minimum absolute atomic E-state index is 0.0399. The molecule has 3 aromatic rings. The zero-order chi connectivity index (χ0) is 23.3. The van der Waals surface area contributed by atoms with E-state index in [9.17, 15) is 10.1 Å². The Balaban J connectivity index is 1.86. The summed E-state index contributed by atoms with van der Waals surface area (Å²) in [6, 6.07) is 10.4. The van der Waals surface area contributed by atoms with Crippen LogP contribution in [0.25, 0.3) is 23.1 Å². The van der Waals surface area contributed by atoms with Crippen LogP contribution in [0, 0.1) is 10.1 Å². The van der Waals surface area contributed by atoms with Gasteiger partial charge in [-0.25, -0.2) is 4.98 Å². The lowest BCUT2D eigenvalue weighted by Crippen LogP contribution is -2.40. The summed E-state index contributed by atoms with van der Waals surface area (Å²) in [6.07, 6.45) is 7.64. The van der Waals surface area contributed by atoms with Crippen LogP contribution in [0.2, 0.25) is 5.02 Å². The first kappa shape index (κ1) is 23.9. The van der Waals surface area contributed by atoms with Gasteiger partial charge in [0.1, 0.15) is 10.7 Å². The van der Waals surface area contributed by atoms with E-state index in [0.717, 1.165) is 42.1 Å². The van der Waals surface area contributed by atoms with Crippen LogP contribution in [0.15, 0.2) is 40.8 Å². The Morgan fingerprint density at radius 2 is 1.97 bits per heavy atom. The Hall–Kier alpha value is -2.74. The molecule has 0 spiro atoms. The van der Waals surface area contributed by atoms with E-state index < -0.39 is 4.92 Å². The summed E-state index contributed by atoms with van der Waals surface area (Å²) in [4.78, 5) is 14.9. The maximum atomic E-state index is 10.8. The van der Waals surface area contributed by atoms with E-state index in [4.69, 9.17) is 27.5 Å². The summed E-state index contributed by atoms with van der Waals surface area (Å²) >= 11 is 6.19. The lowest BCUT2D eigenvalue weighted by Gasteiger charge is -2.28. The molecule has 170 valence electrons. The summed E-state index contributed by atoms with van der Waals surface area (Å²) < 4.78 is 5.19. The Labute approximate surface area is 192 Å². The van der Waals surface area contributed by atoms with Gasteiger partial charge in [-0.2, -0.15) is 0 Å². The average Bonchev–Trinajstić information content (AvgIpc) is 3.25. The third kappa shape index (κ3) is 5.94. The largest absolute Gasteiger partial charge is 0.433 e. The van der Waals surface area contributed by atoms with Gasteiger partial charge in [-0.1, -0.05) is 31.5 Å². The van der Waals surface area contributed by atoms with Gasteiger partial charge < -0.3 is 15.9 Å². The van der Waals surface area contributed by atoms with Crippen LogP contribution >= 0.6 is 11.6 Å². The molecule has 32 heavy (non-hydrogen) atoms. The molecule has 7 nitrogen and oxygen atoms in total. The number of nitrogens with zero attached hydrogens (tertiary/aromatic N) is 2. The number of benzene rings is 1. The standard InChI is InChI=1S/C24H29ClN4O3/c1-3-24(27,4-2)12-11-18(26)13-16-14-19(28-22-15-17(25)5-9-21(16)22)6-7-20-8-10-23(32-20)29(30)31/h5-10,14-15,18H,3-4,11-13,26-27H2,1-2H3/b7-6-. The lowest BCUT2D eigenvalue weighted by atomic mass is 9.86. The van der Waals surface area contributed by atoms with Gasteiger partial charge >= 0.3 is 5.88 Å². The topological polar surface area (TPSA) is 121 Å². The first-order valence-corrected chi connectivity index (χ1v) is 11.2. The summed E-state index contributed by atoms with van der Waals surface area (Å²) in [5, 5.41) is 12.4. The fourth-order valence-corrected chi connectivity index (χ4v) is 3.88. The predicted octanol–water partition coefficient (Wildman–Crippen LogP) is 5.73. The number of fused-ring (bicyclic) bond motifs is 1. The van der Waals surface area contributed by atoms with E-state index in [0.29, 0.717) is 22.9 Å². The van der Waals surface area contributed by atoms with Crippen molar-refractivity contribution in [1.29, 1.82) is 0 Å². The van der Waals surface area contributed by atoms with Crippen LogP contribution in [0.5, 0.6) is 0 Å². The van der Waals surface area contributed by atoms with Crippen LogP contribution in [0.1, 0.15) is 56.5 Å². The SMILES string of the molecule is CCC(N)(CC)CCC(N)Cc1cc(/C=C\c2ccc([N+](=O)[O-])o2)nc2cc(Cl)ccc12. The smallest absolute Gasteiger partial charge is 0.401 e. The monoisotopic (exact) mass is 456 g/mol. The van der Waals surface area contributed by atoms with Crippen LogP contribution in [0.4, 0.5) is 5.88 Å². The third-order valence-electron chi connectivity index (χ3n) is 5.99. The summed E-state index contributed by atoms with van der Waals surface area (Å²) in [5.74, 6) is 0.0751. The lowest BCUT2D eigenvalue weighted by molar-refractivity contribution is -0.402. The van der Waals surface area contributed by atoms with Crippen molar-refractivity contribution in [3.05, 3.63) is 68.6 Å². The Bertz CT molecular complexity index is 1120. The molecule has 0 saturated carbocycles. The Kier molecular flexibility index (Phi) is 7.66. The van der Waals surface area contributed by atoms with Crippen LogP contribution in [-0.2, 0) is 6.42 Å². The minimum Gasteiger partial charge on any atom is -0.401 e. The van der Waals surface area contributed by atoms with Gasteiger partial charge in [0.15, 0.2) is 0 Å². The zero-order valence-corrected chi connectivity index (χ0v) is 19.1. The molecule has 0 fully saturated rings. The van der Waals surface area contributed by atoms with Crippen LogP contribution in [0.3, 0.4) is 0 Å². The maximum absolute atomic E-state index is 10.8. The molecule has 0 saturated heterocycles. The normalized spacial score (nSPS) is 13.2. The van der Waals surface area contributed by atoms with Gasteiger partial charge in [-0.15, -0.1) is 0 Å². The minimum atomic E-state index is -0.569. The van der Waals surface area contributed by atoms with E-state index in [2.05, 4.69) is 18.8 Å². The molecular formula is C24H29ClN4O3. The third-order valence-corrected chi connectivity index (χ3v) is 6.23. The predicted molar refractivity (Wildman–Crippen MR) is 129 cm³/mol. The van der Waals surface area contributed by atoms with Crippen molar-refractivity contribution in [3.63, 3.8) is 0 Å². The van der Waals surface area contributed by atoms with Crippen molar-refractivity contribution >= 4 is 40.5 Å². The fraction of sp³-hybridized carbons (Fsp3) is 0.375. The fourth-order valence-electron chi connectivity index (χ4n) is 3.71. The summed E-state index contributed by atoms with van der Waals surface area (Å²) in [5.41, 5.74) is 15.3. The molecule has 2 aromatic heterocycles. The van der Waals surface area contributed by atoms with Gasteiger partial charge in [0.05, 0.1) is 17.3 Å². The second-order valence-corrected chi connectivity index (χ2v) is 8.64. The number of halogens is 1. The molecule has 0 aliphatic heterocycles. The van der Waals surface area contributed by atoms with Crippen LogP contribution in [-0.4, -0.2) is 21.5 Å². The second kappa shape index (κ2) is 10.3. The molecule has 0 radical (unpaired) electrons. The number of nitrogens with two attached hydrogens (primary N) is 2. The van der Waals surface area contributed by atoms with Gasteiger partial charge in [0, 0.05) is 22.0 Å². The highest BCUT2D eigenvalue weighted by atomic mass is 35.5. The van der Waals surface area contributed by atoms with E-state index >= 15 is 0 Å². The van der Waals surface area contributed by atoms with Crippen molar-refractivity contribution in [2.45, 2.75) is 57.5 Å². The number of pyridine rings is 1. The molecule has 1 atom stereocenters. The highest BCUT2D eigenvalue weighted by Crippen LogP contribution is 2.26. The van der Waals surface area contributed by atoms with Gasteiger partial charge in [-0.05, 0) is 74.1 Å². The molecular weight excluding hydrogens is 428 g/mol. The quantitative estimate of drug-likeness (QED) is 0.297. The van der Waals surface area contributed by atoms with E-state index in [1.165, 1.54) is 6.07 Å². The number of rotatable bonds is 10. The van der Waals surface area contributed by atoms with Crippen molar-refractivity contribution in [2.75, 3.05) is 0 Å². The molecule has 0 bridgehead atoms. The Morgan fingerprint density at radius 3 is 2.62 bits per heavy atom. The molecule has 3 rings (SSSR count). The van der Waals surface area contributed by atoms with E-state index in [1.807, 2.05) is 24.3 Å². The number of hydrogen-bond acceptors (Lipinski definition) is 6. The van der Waals surface area contributed by atoms with Gasteiger partial charge in [0.2, 0.25) is 0 Å². The highest BCUT2D eigenvalue weighted by Gasteiger charge is 2.21.